The molecule has 1 aromatic rings. The molecule has 2 N–H and O–H groups in total. The van der Waals surface area contributed by atoms with E-state index in [1.165, 1.54) is 0 Å². The number of amides is 1. The minimum atomic E-state index is 0.165. The first-order valence-corrected chi connectivity index (χ1v) is 5.41. The molecule has 0 saturated carbocycles. The quantitative estimate of drug-likeness (QED) is 0.608. The van der Waals surface area contributed by atoms with Crippen LogP contribution in [0.25, 0.3) is 0 Å². The Kier molecular flexibility index (Phi) is 2.69. The number of carbonyl (C=O) groups is 1. The molecule has 0 bridgehead atoms. The van der Waals surface area contributed by atoms with Gasteiger partial charge in [0.2, 0.25) is 5.91 Å². The van der Waals surface area contributed by atoms with E-state index in [0.29, 0.717) is 6.42 Å². The molecule has 2 rings (SSSR count). The summed E-state index contributed by atoms with van der Waals surface area (Å²) < 4.78 is 0. The normalized spacial score (nSPS) is 20.2. The van der Waals surface area contributed by atoms with Gasteiger partial charge < -0.3 is 10.6 Å². The van der Waals surface area contributed by atoms with Crippen molar-refractivity contribution < 1.29 is 4.79 Å². The van der Waals surface area contributed by atoms with Gasteiger partial charge in [-0.1, -0.05) is 6.08 Å². The molecule has 3 nitrogen and oxygen atoms in total. The summed E-state index contributed by atoms with van der Waals surface area (Å²) in [6, 6.07) is 5.63. The number of nitrogens with two attached hydrogens (primary N) is 1. The minimum absolute atomic E-state index is 0.165. The number of hydrogen-bond acceptors (Lipinski definition) is 2. The van der Waals surface area contributed by atoms with Gasteiger partial charge in [0, 0.05) is 30.3 Å². The number of aryl methyl sites for hydroxylation is 1. The zero-order valence-electron chi connectivity index (χ0n) is 9.44. The van der Waals surface area contributed by atoms with Crippen molar-refractivity contribution in [2.24, 2.45) is 5.92 Å². The molecule has 1 amide bonds. The number of nitrogen functional groups attached to an aromatic ring is 1. The van der Waals surface area contributed by atoms with Gasteiger partial charge in [-0.3, -0.25) is 4.79 Å². The maximum atomic E-state index is 11.8. The van der Waals surface area contributed by atoms with E-state index in [4.69, 9.17) is 5.73 Å². The summed E-state index contributed by atoms with van der Waals surface area (Å²) in [5.41, 5.74) is 8.43. The standard InChI is InChI=1S/C13H16N2O/c1-3-10-7-13(16)15(8-10)12-5-4-11(14)6-9(12)2/h3-6,10H,1,7-8,14H2,2H3. The second-order valence-corrected chi connectivity index (χ2v) is 4.25. The molecule has 3 heteroatoms. The molecule has 1 aliphatic rings. The third kappa shape index (κ3) is 1.81. The second-order valence-electron chi connectivity index (χ2n) is 4.25. The monoisotopic (exact) mass is 216 g/mol. The van der Waals surface area contributed by atoms with Crippen molar-refractivity contribution in [1.82, 2.24) is 0 Å². The summed E-state index contributed by atoms with van der Waals surface area (Å²) >= 11 is 0. The lowest BCUT2D eigenvalue weighted by Crippen LogP contribution is -2.25. The van der Waals surface area contributed by atoms with Gasteiger partial charge in [-0.15, -0.1) is 6.58 Å². The number of benzene rings is 1. The molecule has 0 aliphatic carbocycles. The van der Waals surface area contributed by atoms with Crippen molar-refractivity contribution in [3.8, 4) is 0 Å². The molecule has 1 saturated heterocycles. The highest BCUT2D eigenvalue weighted by atomic mass is 16.2. The van der Waals surface area contributed by atoms with Crippen molar-refractivity contribution in [3.63, 3.8) is 0 Å². The topological polar surface area (TPSA) is 46.3 Å². The van der Waals surface area contributed by atoms with E-state index in [0.717, 1.165) is 23.5 Å². The first kappa shape index (κ1) is 10.7. The summed E-state index contributed by atoms with van der Waals surface area (Å²) in [7, 11) is 0. The summed E-state index contributed by atoms with van der Waals surface area (Å²) in [6.07, 6.45) is 2.41. The van der Waals surface area contributed by atoms with Gasteiger partial charge in [-0.25, -0.2) is 0 Å². The van der Waals surface area contributed by atoms with Crippen LogP contribution in [0.4, 0.5) is 11.4 Å². The van der Waals surface area contributed by atoms with Crippen LogP contribution in [-0.2, 0) is 4.79 Å². The summed E-state index contributed by atoms with van der Waals surface area (Å²) in [4.78, 5) is 13.6. The fourth-order valence-corrected chi connectivity index (χ4v) is 2.11. The Morgan fingerprint density at radius 2 is 2.31 bits per heavy atom. The molecule has 1 fully saturated rings. The van der Waals surface area contributed by atoms with Crippen molar-refractivity contribution >= 4 is 17.3 Å². The summed E-state index contributed by atoms with van der Waals surface area (Å²) in [6.45, 7) is 6.44. The molecule has 0 radical (unpaired) electrons. The van der Waals surface area contributed by atoms with E-state index in [9.17, 15) is 4.79 Å². The van der Waals surface area contributed by atoms with Crippen LogP contribution < -0.4 is 10.6 Å². The Morgan fingerprint density at radius 3 is 2.88 bits per heavy atom. The molecule has 0 aromatic heterocycles. The third-order valence-corrected chi connectivity index (χ3v) is 3.00. The van der Waals surface area contributed by atoms with Crippen molar-refractivity contribution in [1.29, 1.82) is 0 Å². The fraction of sp³-hybridized carbons (Fsp3) is 0.308. The predicted molar refractivity (Wildman–Crippen MR) is 66.2 cm³/mol. The van der Waals surface area contributed by atoms with Crippen molar-refractivity contribution in [2.75, 3.05) is 17.2 Å². The molecule has 0 spiro atoms. The van der Waals surface area contributed by atoms with Gasteiger partial charge in [0.25, 0.3) is 0 Å². The van der Waals surface area contributed by atoms with Crippen LogP contribution in [0, 0.1) is 12.8 Å². The molecule has 84 valence electrons. The SMILES string of the molecule is C=CC1CC(=O)N(c2ccc(N)cc2C)C1. The van der Waals surface area contributed by atoms with E-state index in [1.54, 1.807) is 0 Å². The molecule has 1 aromatic carbocycles. The van der Waals surface area contributed by atoms with Gasteiger partial charge in [0.05, 0.1) is 0 Å². The van der Waals surface area contributed by atoms with Gasteiger partial charge >= 0.3 is 0 Å². The highest BCUT2D eigenvalue weighted by Gasteiger charge is 2.29. The Hall–Kier alpha value is -1.77. The molecular formula is C13H16N2O. The highest BCUT2D eigenvalue weighted by molar-refractivity contribution is 5.96. The second kappa shape index (κ2) is 4.00. The van der Waals surface area contributed by atoms with Crippen LogP contribution in [0.2, 0.25) is 0 Å². The zero-order chi connectivity index (χ0) is 11.7. The Labute approximate surface area is 95.6 Å². The first-order valence-electron chi connectivity index (χ1n) is 5.41. The molecule has 1 aliphatic heterocycles. The van der Waals surface area contributed by atoms with Gasteiger partial charge in [-0.2, -0.15) is 0 Å². The lowest BCUT2D eigenvalue weighted by Gasteiger charge is -2.19. The molecule has 1 unspecified atom stereocenters. The number of carbonyl (C=O) groups excluding carboxylic acids is 1. The van der Waals surface area contributed by atoms with E-state index < -0.39 is 0 Å². The van der Waals surface area contributed by atoms with Gasteiger partial charge in [-0.05, 0) is 30.7 Å². The molecule has 16 heavy (non-hydrogen) atoms. The van der Waals surface area contributed by atoms with E-state index >= 15 is 0 Å². The number of rotatable bonds is 2. The minimum Gasteiger partial charge on any atom is -0.399 e. The molecule has 1 heterocycles. The van der Waals surface area contributed by atoms with Gasteiger partial charge in [0.1, 0.15) is 0 Å². The Bertz CT molecular complexity index is 440. The average molecular weight is 216 g/mol. The van der Waals surface area contributed by atoms with Gasteiger partial charge in [0.15, 0.2) is 0 Å². The maximum Gasteiger partial charge on any atom is 0.227 e. The number of nitrogens with zero attached hydrogens (tertiary/aromatic N) is 1. The van der Waals surface area contributed by atoms with Crippen LogP contribution in [0.3, 0.4) is 0 Å². The number of hydrogen-bond donors (Lipinski definition) is 1. The van der Waals surface area contributed by atoms with Crippen LogP contribution >= 0.6 is 0 Å². The smallest absolute Gasteiger partial charge is 0.227 e. The zero-order valence-corrected chi connectivity index (χ0v) is 9.44. The van der Waals surface area contributed by atoms with E-state index in [1.807, 2.05) is 36.1 Å². The van der Waals surface area contributed by atoms with E-state index in [2.05, 4.69) is 6.58 Å². The summed E-state index contributed by atoms with van der Waals surface area (Å²) in [5.74, 6) is 0.433. The lowest BCUT2D eigenvalue weighted by molar-refractivity contribution is -0.117. The molecule has 1 atom stereocenters. The first-order chi connectivity index (χ1) is 7.61. The van der Waals surface area contributed by atoms with Crippen molar-refractivity contribution in [3.05, 3.63) is 36.4 Å². The molecular weight excluding hydrogens is 200 g/mol. The summed E-state index contributed by atoms with van der Waals surface area (Å²) in [5, 5.41) is 0. The lowest BCUT2D eigenvalue weighted by atomic mass is 10.1. The third-order valence-electron chi connectivity index (χ3n) is 3.00. The van der Waals surface area contributed by atoms with Crippen molar-refractivity contribution in [2.45, 2.75) is 13.3 Å². The maximum absolute atomic E-state index is 11.8. The average Bonchev–Trinajstić information content (AvgIpc) is 2.60. The highest BCUT2D eigenvalue weighted by Crippen LogP contribution is 2.29. The predicted octanol–water partition coefficient (Wildman–Crippen LogP) is 2.12. The van der Waals surface area contributed by atoms with Crippen LogP contribution in [0.1, 0.15) is 12.0 Å². The Morgan fingerprint density at radius 1 is 1.56 bits per heavy atom. The van der Waals surface area contributed by atoms with Crippen LogP contribution in [-0.4, -0.2) is 12.5 Å². The fourth-order valence-electron chi connectivity index (χ4n) is 2.11. The largest absolute Gasteiger partial charge is 0.399 e. The Balaban J connectivity index is 2.31. The van der Waals surface area contributed by atoms with E-state index in [-0.39, 0.29) is 11.8 Å². The van der Waals surface area contributed by atoms with Crippen LogP contribution in [0.15, 0.2) is 30.9 Å². The van der Waals surface area contributed by atoms with Crippen LogP contribution in [0.5, 0.6) is 0 Å². The number of anilines is 2.